The van der Waals surface area contributed by atoms with Gasteiger partial charge in [-0.25, -0.2) is 4.79 Å². The maximum atomic E-state index is 12.6. The molecule has 3 rings (SSSR count). The van der Waals surface area contributed by atoms with Gasteiger partial charge in [-0.2, -0.15) is 8.78 Å². The summed E-state index contributed by atoms with van der Waals surface area (Å²) < 4.78 is 30.3. The van der Waals surface area contributed by atoms with Gasteiger partial charge in [0.25, 0.3) is 11.7 Å². The first-order valence-electron chi connectivity index (χ1n) is 8.92. The van der Waals surface area contributed by atoms with Gasteiger partial charge >= 0.3 is 5.97 Å². The number of rotatable bonds is 6. The molecule has 0 aliphatic carbocycles. The highest BCUT2D eigenvalue weighted by molar-refractivity contribution is 7.99. The molecule has 2 N–H and O–H groups in total. The van der Waals surface area contributed by atoms with Crippen molar-refractivity contribution in [3.8, 4) is 0 Å². The molecule has 1 atom stereocenters. The number of nitrogens with one attached hydrogen (secondary N) is 2. The first-order chi connectivity index (χ1) is 13.5. The van der Waals surface area contributed by atoms with Gasteiger partial charge in [-0.15, -0.1) is 0 Å². The van der Waals surface area contributed by atoms with E-state index in [0.717, 1.165) is 12.8 Å². The zero-order valence-corrected chi connectivity index (χ0v) is 15.8. The number of hydrogen-bond acceptors (Lipinski definition) is 5. The maximum absolute atomic E-state index is 12.6. The maximum Gasteiger partial charge on any atom is 0.341 e. The second kappa shape index (κ2) is 9.54. The SMILES string of the molecule is O=C(OC1CCCCNC1=O)c1ccccc1Nc1ccc(SC(F)F)cc1. The van der Waals surface area contributed by atoms with E-state index in [2.05, 4.69) is 10.6 Å². The largest absolute Gasteiger partial charge is 0.449 e. The zero-order valence-electron chi connectivity index (χ0n) is 15.0. The predicted octanol–water partition coefficient (Wildman–Crippen LogP) is 4.57. The van der Waals surface area contributed by atoms with E-state index in [1.807, 2.05) is 0 Å². The van der Waals surface area contributed by atoms with Crippen LogP contribution in [0.1, 0.15) is 29.6 Å². The highest BCUT2D eigenvalue weighted by atomic mass is 32.2. The van der Waals surface area contributed by atoms with E-state index in [9.17, 15) is 18.4 Å². The van der Waals surface area contributed by atoms with Crippen LogP contribution >= 0.6 is 11.8 Å². The summed E-state index contributed by atoms with van der Waals surface area (Å²) in [4.78, 5) is 25.1. The summed E-state index contributed by atoms with van der Waals surface area (Å²) in [6, 6.07) is 13.3. The lowest BCUT2D eigenvalue weighted by Crippen LogP contribution is -2.36. The Hall–Kier alpha value is -2.61. The Balaban J connectivity index is 1.71. The van der Waals surface area contributed by atoms with Crippen LogP contribution in [0.5, 0.6) is 0 Å². The second-order valence-electron chi connectivity index (χ2n) is 6.25. The molecule has 1 saturated heterocycles. The number of para-hydroxylation sites is 1. The molecular weight excluding hydrogens is 386 g/mol. The number of alkyl halides is 2. The summed E-state index contributed by atoms with van der Waals surface area (Å²) in [6.07, 6.45) is 1.36. The number of carbonyl (C=O) groups excluding carboxylic acids is 2. The van der Waals surface area contributed by atoms with Gasteiger partial charge in [-0.05, 0) is 55.7 Å². The molecular formula is C20H20F2N2O3S. The van der Waals surface area contributed by atoms with Crippen LogP contribution in [-0.2, 0) is 9.53 Å². The highest BCUT2D eigenvalue weighted by Crippen LogP contribution is 2.28. The number of halogens is 2. The van der Waals surface area contributed by atoms with Crippen molar-refractivity contribution in [3.05, 3.63) is 54.1 Å². The standard InChI is InChI=1S/C20H20F2N2O3S/c21-20(22)28-14-10-8-13(9-11-14)24-16-6-2-1-5-15(16)19(26)27-17-7-3-4-12-23-18(17)25/h1-2,5-6,8-11,17,20,24H,3-4,7,12H2,(H,23,25). The van der Waals surface area contributed by atoms with Crippen LogP contribution in [0.25, 0.3) is 0 Å². The van der Waals surface area contributed by atoms with E-state index >= 15 is 0 Å². The molecule has 8 heteroatoms. The summed E-state index contributed by atoms with van der Waals surface area (Å²) >= 11 is 0.470. The van der Waals surface area contributed by atoms with Crippen molar-refractivity contribution in [3.63, 3.8) is 0 Å². The van der Waals surface area contributed by atoms with E-state index in [-0.39, 0.29) is 5.91 Å². The van der Waals surface area contributed by atoms with Crippen molar-refractivity contribution in [2.45, 2.75) is 36.0 Å². The van der Waals surface area contributed by atoms with Crippen LogP contribution in [0.3, 0.4) is 0 Å². The average Bonchev–Trinajstić information content (AvgIpc) is 2.88. The number of carbonyl (C=O) groups is 2. The zero-order chi connectivity index (χ0) is 19.9. The second-order valence-corrected chi connectivity index (χ2v) is 7.32. The number of hydrogen-bond donors (Lipinski definition) is 2. The Morgan fingerprint density at radius 2 is 1.89 bits per heavy atom. The molecule has 0 radical (unpaired) electrons. The number of anilines is 2. The predicted molar refractivity (Wildman–Crippen MR) is 104 cm³/mol. The smallest absolute Gasteiger partial charge is 0.341 e. The summed E-state index contributed by atoms with van der Waals surface area (Å²) in [5, 5.41) is 5.83. The van der Waals surface area contributed by atoms with Gasteiger partial charge in [-0.3, -0.25) is 4.79 Å². The fourth-order valence-electron chi connectivity index (χ4n) is 2.86. The monoisotopic (exact) mass is 406 g/mol. The molecule has 2 aromatic carbocycles. The first kappa shape index (κ1) is 20.1. The molecule has 148 valence electrons. The number of thioether (sulfide) groups is 1. The molecule has 0 spiro atoms. The van der Waals surface area contributed by atoms with Crippen molar-refractivity contribution in [1.82, 2.24) is 5.32 Å². The minimum absolute atomic E-state index is 0.275. The molecule has 28 heavy (non-hydrogen) atoms. The summed E-state index contributed by atoms with van der Waals surface area (Å²) in [5.41, 5.74) is 1.45. The topological polar surface area (TPSA) is 67.4 Å². The third-order valence-electron chi connectivity index (χ3n) is 4.24. The van der Waals surface area contributed by atoms with Gasteiger partial charge in [0.1, 0.15) is 0 Å². The minimum atomic E-state index is -2.48. The average molecular weight is 406 g/mol. The van der Waals surface area contributed by atoms with Crippen molar-refractivity contribution < 1.29 is 23.1 Å². The molecule has 2 aromatic rings. The van der Waals surface area contributed by atoms with Crippen LogP contribution in [-0.4, -0.2) is 30.3 Å². The quantitative estimate of drug-likeness (QED) is 0.543. The molecule has 1 aliphatic rings. The van der Waals surface area contributed by atoms with E-state index in [0.29, 0.717) is 46.6 Å². The summed E-state index contributed by atoms with van der Waals surface area (Å²) in [6.45, 7) is 0.588. The molecule has 1 amide bonds. The van der Waals surface area contributed by atoms with Crippen LogP contribution in [0.2, 0.25) is 0 Å². The van der Waals surface area contributed by atoms with Crippen molar-refractivity contribution >= 4 is 35.0 Å². The lowest BCUT2D eigenvalue weighted by atomic mass is 10.1. The molecule has 0 saturated carbocycles. The van der Waals surface area contributed by atoms with Gasteiger partial charge in [0.15, 0.2) is 6.10 Å². The van der Waals surface area contributed by atoms with E-state index in [1.165, 1.54) is 0 Å². The van der Waals surface area contributed by atoms with Crippen molar-refractivity contribution in [2.75, 3.05) is 11.9 Å². The Labute approximate surface area is 165 Å². The van der Waals surface area contributed by atoms with Gasteiger partial charge in [-0.1, -0.05) is 23.9 Å². The molecule has 1 fully saturated rings. The Morgan fingerprint density at radius 3 is 2.64 bits per heavy atom. The number of esters is 1. The molecule has 0 bridgehead atoms. The first-order valence-corrected chi connectivity index (χ1v) is 9.80. The molecule has 1 aliphatic heterocycles. The third kappa shape index (κ3) is 5.45. The van der Waals surface area contributed by atoms with Gasteiger partial charge in [0.2, 0.25) is 0 Å². The highest BCUT2D eigenvalue weighted by Gasteiger charge is 2.26. The van der Waals surface area contributed by atoms with Gasteiger partial charge < -0.3 is 15.4 Å². The fourth-order valence-corrected chi connectivity index (χ4v) is 3.36. The normalized spacial score (nSPS) is 17.0. The van der Waals surface area contributed by atoms with Crippen LogP contribution in [0.4, 0.5) is 20.2 Å². The van der Waals surface area contributed by atoms with Gasteiger partial charge in [0, 0.05) is 17.1 Å². The molecule has 5 nitrogen and oxygen atoms in total. The van der Waals surface area contributed by atoms with Crippen molar-refractivity contribution in [2.24, 2.45) is 0 Å². The van der Waals surface area contributed by atoms with E-state index in [4.69, 9.17) is 4.74 Å². The van der Waals surface area contributed by atoms with Gasteiger partial charge in [0.05, 0.1) is 11.3 Å². The number of amides is 1. The number of benzene rings is 2. The van der Waals surface area contributed by atoms with Crippen LogP contribution in [0, 0.1) is 0 Å². The minimum Gasteiger partial charge on any atom is -0.449 e. The Kier molecular flexibility index (Phi) is 6.86. The lowest BCUT2D eigenvalue weighted by Gasteiger charge is -2.16. The molecule has 0 aromatic heterocycles. The fraction of sp³-hybridized carbons (Fsp3) is 0.300. The number of ether oxygens (including phenoxy) is 1. The van der Waals surface area contributed by atoms with Crippen LogP contribution < -0.4 is 10.6 Å². The van der Waals surface area contributed by atoms with E-state index < -0.39 is 17.8 Å². The third-order valence-corrected chi connectivity index (χ3v) is 4.96. The lowest BCUT2D eigenvalue weighted by molar-refractivity contribution is -0.129. The summed E-state index contributed by atoms with van der Waals surface area (Å²) in [7, 11) is 0. The molecule has 1 heterocycles. The Morgan fingerprint density at radius 1 is 1.14 bits per heavy atom. The van der Waals surface area contributed by atoms with Crippen LogP contribution in [0.15, 0.2) is 53.4 Å². The summed E-state index contributed by atoms with van der Waals surface area (Å²) in [5.74, 6) is -3.34. The molecule has 1 unspecified atom stereocenters. The van der Waals surface area contributed by atoms with E-state index in [1.54, 1.807) is 48.5 Å². The Bertz CT molecular complexity index is 830. The van der Waals surface area contributed by atoms with Crippen molar-refractivity contribution in [1.29, 1.82) is 0 Å².